The molecule has 4 aromatic heterocycles. The summed E-state index contributed by atoms with van der Waals surface area (Å²) in [5, 5.41) is 23.6. The molecule has 0 bridgehead atoms. The second-order valence-corrected chi connectivity index (χ2v) is 28.8. The minimum Gasteiger partial charge on any atom is -0.217 e. The first-order valence-corrected chi connectivity index (χ1v) is 35.0. The highest BCUT2D eigenvalue weighted by Gasteiger charge is 2.72. The first-order valence-electron chi connectivity index (χ1n) is 35.0. The second-order valence-electron chi connectivity index (χ2n) is 28.8. The van der Waals surface area contributed by atoms with Gasteiger partial charge in [0.15, 0.2) is 0 Å². The molecule has 0 aliphatic carbocycles. The monoisotopic (exact) mass is 1300 g/mol. The summed E-state index contributed by atoms with van der Waals surface area (Å²) >= 11 is 0. The first kappa shape index (κ1) is 50.4. The minimum absolute atomic E-state index is 0.869. The van der Waals surface area contributed by atoms with Gasteiger partial charge in [-0.05, 0) is 160 Å². The van der Waals surface area contributed by atoms with Crippen molar-refractivity contribution in [2.45, 2.75) is 11.8 Å². The van der Waals surface area contributed by atoms with E-state index in [0.29, 0.717) is 0 Å². The molecule has 102 heavy (non-hydrogen) atoms. The molecule has 0 saturated heterocycles. The molecule has 0 fully saturated rings. The van der Waals surface area contributed by atoms with E-state index in [2.05, 4.69) is 310 Å². The molecule has 29 rings (SSSR count). The van der Waals surface area contributed by atoms with E-state index in [1.807, 2.05) is 0 Å². The Kier molecular flexibility index (Phi) is 8.13. The maximum atomic E-state index is 5.72. The molecule has 13 aromatic carbocycles. The molecule has 12 aliphatic rings. The van der Waals surface area contributed by atoms with Gasteiger partial charge in [0.05, 0.1) is 60.4 Å². The zero-order valence-corrected chi connectivity index (χ0v) is 53.8. The summed E-state index contributed by atoms with van der Waals surface area (Å²) in [5.41, 5.74) is 15.8. The number of benzene rings is 13. The Morgan fingerprint density at radius 1 is 0.245 bits per heavy atom. The van der Waals surface area contributed by atoms with Crippen LogP contribution >= 0.6 is 0 Å². The maximum Gasteiger partial charge on any atom is 0.441 e. The molecule has 0 amide bonds. The summed E-state index contributed by atoms with van der Waals surface area (Å²) < 4.78 is 19.9. The van der Waals surface area contributed by atoms with Gasteiger partial charge < -0.3 is 0 Å². The largest absolute Gasteiger partial charge is 0.441 e. The van der Waals surface area contributed by atoms with Crippen molar-refractivity contribution in [1.82, 2.24) is 18.3 Å². The van der Waals surface area contributed by atoms with Gasteiger partial charge >= 0.3 is 29.3 Å². The van der Waals surface area contributed by atoms with Crippen LogP contribution in [0.15, 0.2) is 280 Å². The van der Waals surface area contributed by atoms with Crippen molar-refractivity contribution < 1.29 is 18.3 Å². The summed E-state index contributed by atoms with van der Waals surface area (Å²) in [5.74, 6) is 5.69. The van der Waals surface area contributed by atoms with Gasteiger partial charge in [-0.15, -0.1) is 18.3 Å². The van der Waals surface area contributed by atoms with E-state index in [0.717, 1.165) is 123 Å². The van der Waals surface area contributed by atoms with Crippen molar-refractivity contribution in [1.29, 1.82) is 0 Å². The van der Waals surface area contributed by atoms with Crippen molar-refractivity contribution in [2.24, 2.45) is 25.0 Å². The average Bonchev–Trinajstić information content (AvgIpc) is 1.46. The number of aliphatic imine (C=N–C) groups is 3. The van der Waals surface area contributed by atoms with E-state index in [9.17, 15) is 0 Å². The third-order valence-electron chi connectivity index (χ3n) is 24.1. The van der Waals surface area contributed by atoms with Crippen LogP contribution in [0.1, 0.15) is 50.2 Å². The zero-order chi connectivity index (χ0) is 65.2. The smallest absolute Gasteiger partial charge is 0.217 e. The van der Waals surface area contributed by atoms with Gasteiger partial charge in [0.25, 0.3) is 28.8 Å². The van der Waals surface area contributed by atoms with Crippen LogP contribution in [0.3, 0.4) is 0 Å². The molecule has 2 atom stereocenters. The van der Waals surface area contributed by atoms with Crippen LogP contribution < -0.4 is 21.7 Å². The number of rotatable bonds is 0. The highest BCUT2D eigenvalue weighted by atomic mass is 15.7. The summed E-state index contributed by atoms with van der Waals surface area (Å²) in [6, 6.07) is 93.0. The van der Waals surface area contributed by atoms with E-state index in [4.69, 9.17) is 25.0 Å². The van der Waals surface area contributed by atoms with Crippen molar-refractivity contribution >= 4 is 179 Å². The topological polar surface area (TPSA) is 93.6 Å². The van der Waals surface area contributed by atoms with Crippen LogP contribution in [0.4, 0.5) is 17.5 Å². The highest BCUT2D eigenvalue weighted by molar-refractivity contribution is 6.32. The number of aromatic nitrogens is 4. The number of hydrogen-bond donors (Lipinski definition) is 0. The van der Waals surface area contributed by atoms with E-state index >= 15 is 0 Å². The molecule has 462 valence electrons. The zero-order valence-electron chi connectivity index (χ0n) is 53.8. The Balaban J connectivity index is 0.000000113. The Morgan fingerprint density at radius 3 is 1.17 bits per heavy atom. The normalized spacial score (nSPS) is 19.3. The van der Waals surface area contributed by atoms with Crippen LogP contribution in [0.2, 0.25) is 0 Å². The average molecular weight is 1300 g/mol. The molecule has 13 nitrogen and oxygen atoms in total. The Hall–Kier alpha value is -13.9. The van der Waals surface area contributed by atoms with E-state index in [1.165, 1.54) is 109 Å². The van der Waals surface area contributed by atoms with Gasteiger partial charge in [-0.3, -0.25) is 0 Å². The Bertz CT molecular complexity index is 7940. The predicted octanol–water partition coefficient (Wildman–Crippen LogP) is 14.0. The maximum absolute atomic E-state index is 5.72. The predicted molar refractivity (Wildman–Crippen MR) is 402 cm³/mol. The van der Waals surface area contributed by atoms with Crippen molar-refractivity contribution in [2.75, 3.05) is 0 Å². The summed E-state index contributed by atoms with van der Waals surface area (Å²) in [7, 11) is 0. The molecule has 12 aliphatic heterocycles. The second kappa shape index (κ2) is 16.4. The third kappa shape index (κ3) is 5.33. The minimum atomic E-state index is -0.967. The van der Waals surface area contributed by atoms with Gasteiger partial charge in [0.1, 0.15) is 17.1 Å². The van der Waals surface area contributed by atoms with Crippen LogP contribution in [0.5, 0.6) is 0 Å². The van der Waals surface area contributed by atoms with Crippen molar-refractivity contribution in [3.8, 4) is 0 Å². The van der Waals surface area contributed by atoms with Gasteiger partial charge in [-0.25, -0.2) is 13.7 Å². The molecule has 2 spiro atoms. The molecule has 2 unspecified atom stereocenters. The Labute approximate surface area is 575 Å². The molecule has 17 aromatic rings. The lowest BCUT2D eigenvalue weighted by Gasteiger charge is -2.40. The first-order chi connectivity index (χ1) is 50.5. The van der Waals surface area contributed by atoms with E-state index in [-0.39, 0.29) is 0 Å². The number of amidine groups is 5. The van der Waals surface area contributed by atoms with E-state index < -0.39 is 11.8 Å². The summed E-state index contributed by atoms with van der Waals surface area (Å²) in [6.45, 7) is 0. The van der Waals surface area contributed by atoms with Crippen molar-refractivity contribution in [3.05, 3.63) is 327 Å². The summed E-state index contributed by atoms with van der Waals surface area (Å²) in [4.78, 5) is 28.4. The molecular formula is C89H45N13+4. The third-order valence-corrected chi connectivity index (χ3v) is 24.1. The van der Waals surface area contributed by atoms with Gasteiger partial charge in [0, 0.05) is 61.8 Å². The molecule has 0 saturated carbocycles. The molecule has 0 N–H and O–H groups in total. The number of hydrogen-bond acceptors (Lipinski definition) is 5. The van der Waals surface area contributed by atoms with Crippen molar-refractivity contribution in [3.63, 3.8) is 0 Å². The van der Waals surface area contributed by atoms with Gasteiger partial charge in [-0.2, -0.15) is 4.57 Å². The lowest BCUT2D eigenvalue weighted by atomic mass is 9.99. The fourth-order valence-corrected chi connectivity index (χ4v) is 20.1. The fourth-order valence-electron chi connectivity index (χ4n) is 20.1. The number of nitrogens with zero attached hydrogens (tertiary/aromatic N) is 13. The number of fused-ring (bicyclic) bond motifs is 29. The van der Waals surface area contributed by atoms with Crippen LogP contribution in [0, 0.1) is 0 Å². The lowest BCUT2D eigenvalue weighted by Crippen LogP contribution is -2.71. The van der Waals surface area contributed by atoms with Gasteiger partial charge in [0.2, 0.25) is 11.3 Å². The SMILES string of the molecule is C1=C2c3ccccc3C3=[N+]2C24n5c1c1ccccc1c5N=C1c5cc6ccccc6cc5C(=[N+]12)C=c1c2cc5ccccc5cc2c(n14)=N3.C1=c2c3cc4ccccc4cc3c3n2C24n5c(c6cc7ccccc7cc6c5N=C5c6cc7ccccc7cc6C(=[N+]52)N=3)N=C2c3ccccc3C1=[N+]24. The quantitative estimate of drug-likeness (QED) is 0.135. The standard InChI is InChI=1S/C46H23N7.C43H22N6/c1-2-10-25-18-33-32(17-24(25)9-1)39-23-38-30-15-7-8-16-31(30)40-47-42-34-19-26-11-3-5-13-28(26)21-36(34)44-49-45-37-22-29-14-6-4-12-27(29)20-35(37)43-48-41(33)51(39)46(50(38)40,52(42)44)53(43)45;1-3-11-25-19-33-31(17-23(25)9-1)37-22-38-32-18-24-10-2-4-12-26(24)20-34(32)42-45-40-30-16-8-6-14-28(30)36-21-35-27-13-5-7-15-29(27)39-44-41(33)48(37)43(46(35)39,47(36)40)49(38)42/h1-23H;1-22H/q2*+2. The fraction of sp³-hybridized carbons (Fsp3) is 0.0225. The van der Waals surface area contributed by atoms with Crippen LogP contribution in [0.25, 0.3) is 121 Å². The Morgan fingerprint density at radius 2 is 0.618 bits per heavy atom. The molecule has 0 radical (unpaired) electrons. The van der Waals surface area contributed by atoms with E-state index in [1.54, 1.807) is 0 Å². The summed E-state index contributed by atoms with van der Waals surface area (Å²) in [6.07, 6.45) is 7.15. The van der Waals surface area contributed by atoms with Crippen LogP contribution in [-0.4, -0.2) is 77.2 Å². The lowest BCUT2D eigenvalue weighted by molar-refractivity contribution is -0.798. The highest BCUT2D eigenvalue weighted by Crippen LogP contribution is 2.56. The molecule has 16 heterocycles. The van der Waals surface area contributed by atoms with Crippen LogP contribution in [-0.2, 0) is 11.8 Å². The molecular weight excluding hydrogens is 1250 g/mol. The molecule has 13 heteroatoms. The van der Waals surface area contributed by atoms with Gasteiger partial charge in [-0.1, -0.05) is 174 Å².